The molecule has 4 aromatic rings. The Morgan fingerprint density at radius 1 is 1.05 bits per heavy atom. The van der Waals surface area contributed by atoms with Gasteiger partial charge >= 0.3 is 0 Å². The first-order valence-corrected chi connectivity index (χ1v) is 12.5. The van der Waals surface area contributed by atoms with E-state index in [2.05, 4.69) is 22.1 Å². The average Bonchev–Trinajstić information content (AvgIpc) is 3.21. The SMILES string of the molecule is C=CCn1c(-c2ccccc2)c(NC(=O)c2ccc(Cl)cc2)sc1=NN=Cc1ccc(N(C)C)cc1.Cl. The number of hydrogen-bond acceptors (Lipinski definition) is 5. The largest absolute Gasteiger partial charge is 0.378 e. The quantitative estimate of drug-likeness (QED) is 0.150. The van der Waals surface area contributed by atoms with Crippen molar-refractivity contribution in [2.45, 2.75) is 6.54 Å². The topological polar surface area (TPSA) is 62.0 Å². The molecule has 1 aromatic heterocycles. The molecular formula is C28H27Cl2N5OS. The standard InChI is InChI=1S/C28H26ClN5OS.ClH/c1-4-18-34-25(21-8-6-5-7-9-21)27(31-26(35)22-12-14-23(29)15-13-22)36-28(34)32-30-19-20-10-16-24(17-11-20)33(2)3;/h4-17,19H,1,18H2,2-3H3,(H,31,35);1H. The van der Waals surface area contributed by atoms with E-state index in [1.165, 1.54) is 11.3 Å². The van der Waals surface area contributed by atoms with Gasteiger partial charge in [0.25, 0.3) is 5.91 Å². The number of allylic oxidation sites excluding steroid dienone is 1. The fourth-order valence-corrected chi connectivity index (χ4v) is 4.67. The lowest BCUT2D eigenvalue weighted by molar-refractivity contribution is 0.102. The molecular weight excluding hydrogens is 525 g/mol. The Balaban J connectivity index is 0.00000380. The molecule has 4 rings (SSSR count). The minimum Gasteiger partial charge on any atom is -0.378 e. The van der Waals surface area contributed by atoms with E-state index in [0.717, 1.165) is 22.5 Å². The third-order valence-corrected chi connectivity index (χ3v) is 6.60. The van der Waals surface area contributed by atoms with E-state index in [9.17, 15) is 4.79 Å². The molecule has 1 heterocycles. The van der Waals surface area contributed by atoms with Crippen molar-refractivity contribution in [3.63, 3.8) is 0 Å². The zero-order valence-corrected chi connectivity index (χ0v) is 22.9. The second-order valence-electron chi connectivity index (χ2n) is 8.12. The summed E-state index contributed by atoms with van der Waals surface area (Å²) >= 11 is 7.34. The monoisotopic (exact) mass is 551 g/mol. The highest BCUT2D eigenvalue weighted by Crippen LogP contribution is 2.31. The molecule has 0 aliphatic rings. The van der Waals surface area contributed by atoms with Gasteiger partial charge in [-0.2, -0.15) is 5.10 Å². The number of halogens is 2. The molecule has 0 saturated carbocycles. The van der Waals surface area contributed by atoms with Crippen molar-refractivity contribution in [1.29, 1.82) is 0 Å². The second kappa shape index (κ2) is 13.1. The van der Waals surface area contributed by atoms with Crippen LogP contribution >= 0.6 is 35.3 Å². The van der Waals surface area contributed by atoms with Crippen molar-refractivity contribution in [2.75, 3.05) is 24.3 Å². The van der Waals surface area contributed by atoms with Crippen LogP contribution in [-0.2, 0) is 6.54 Å². The van der Waals surface area contributed by atoms with Crippen LogP contribution in [0.2, 0.25) is 5.02 Å². The Morgan fingerprint density at radius 2 is 1.73 bits per heavy atom. The molecule has 3 aromatic carbocycles. The number of thiazole rings is 1. The van der Waals surface area contributed by atoms with Gasteiger partial charge < -0.3 is 14.8 Å². The van der Waals surface area contributed by atoms with E-state index in [-0.39, 0.29) is 18.3 Å². The molecule has 9 heteroatoms. The molecule has 0 radical (unpaired) electrons. The molecule has 37 heavy (non-hydrogen) atoms. The molecule has 1 amide bonds. The number of aromatic nitrogens is 1. The normalized spacial score (nSPS) is 11.3. The lowest BCUT2D eigenvalue weighted by Gasteiger charge is -2.11. The van der Waals surface area contributed by atoms with Crippen LogP contribution in [0.15, 0.2) is 102 Å². The molecule has 0 atom stereocenters. The third-order valence-electron chi connectivity index (χ3n) is 5.36. The first-order valence-electron chi connectivity index (χ1n) is 11.3. The summed E-state index contributed by atoms with van der Waals surface area (Å²) in [7, 11) is 4.00. The highest BCUT2D eigenvalue weighted by atomic mass is 35.5. The summed E-state index contributed by atoms with van der Waals surface area (Å²) in [5, 5.41) is 13.1. The predicted octanol–water partition coefficient (Wildman–Crippen LogP) is 6.73. The Bertz CT molecular complexity index is 1440. The summed E-state index contributed by atoms with van der Waals surface area (Å²) in [6.07, 6.45) is 3.51. The van der Waals surface area contributed by atoms with Gasteiger partial charge in [0.15, 0.2) is 0 Å². The summed E-state index contributed by atoms with van der Waals surface area (Å²) in [6.45, 7) is 4.41. The molecule has 0 fully saturated rings. The number of carbonyl (C=O) groups is 1. The zero-order valence-electron chi connectivity index (χ0n) is 20.5. The Labute approximate surface area is 231 Å². The van der Waals surface area contributed by atoms with Gasteiger partial charge in [0.05, 0.1) is 11.9 Å². The number of hydrogen-bond donors (Lipinski definition) is 1. The summed E-state index contributed by atoms with van der Waals surface area (Å²) in [5.74, 6) is -0.230. The number of benzene rings is 3. The van der Waals surface area contributed by atoms with Crippen LogP contribution in [-0.4, -0.2) is 30.8 Å². The van der Waals surface area contributed by atoms with Gasteiger partial charge in [0.1, 0.15) is 5.00 Å². The fourth-order valence-electron chi connectivity index (χ4n) is 3.53. The van der Waals surface area contributed by atoms with Crippen molar-refractivity contribution in [3.8, 4) is 11.3 Å². The number of nitrogens with zero attached hydrogens (tertiary/aromatic N) is 4. The number of rotatable bonds is 8. The van der Waals surface area contributed by atoms with Crippen molar-refractivity contribution in [2.24, 2.45) is 10.2 Å². The number of nitrogens with one attached hydrogen (secondary N) is 1. The van der Waals surface area contributed by atoms with Crippen LogP contribution in [0, 0.1) is 0 Å². The smallest absolute Gasteiger partial charge is 0.256 e. The van der Waals surface area contributed by atoms with Crippen LogP contribution in [0.1, 0.15) is 15.9 Å². The maximum absolute atomic E-state index is 13.0. The number of anilines is 2. The molecule has 0 saturated heterocycles. The van der Waals surface area contributed by atoms with Gasteiger partial charge in [-0.15, -0.1) is 24.1 Å². The van der Waals surface area contributed by atoms with Crippen molar-refractivity contribution >= 4 is 58.2 Å². The Hall–Kier alpha value is -3.65. The predicted molar refractivity (Wildman–Crippen MR) is 159 cm³/mol. The van der Waals surface area contributed by atoms with E-state index in [1.807, 2.05) is 78.2 Å². The van der Waals surface area contributed by atoms with Gasteiger partial charge in [-0.3, -0.25) is 4.79 Å². The maximum atomic E-state index is 13.0. The minimum absolute atomic E-state index is 0. The van der Waals surface area contributed by atoms with E-state index >= 15 is 0 Å². The molecule has 6 nitrogen and oxygen atoms in total. The average molecular weight is 553 g/mol. The van der Waals surface area contributed by atoms with Crippen LogP contribution in [0.25, 0.3) is 11.3 Å². The van der Waals surface area contributed by atoms with Crippen molar-refractivity contribution in [1.82, 2.24) is 4.57 Å². The highest BCUT2D eigenvalue weighted by molar-refractivity contribution is 7.14. The minimum atomic E-state index is -0.230. The maximum Gasteiger partial charge on any atom is 0.256 e. The van der Waals surface area contributed by atoms with Crippen LogP contribution in [0.5, 0.6) is 0 Å². The van der Waals surface area contributed by atoms with E-state index in [4.69, 9.17) is 11.6 Å². The van der Waals surface area contributed by atoms with Gasteiger partial charge in [0.2, 0.25) is 4.80 Å². The van der Waals surface area contributed by atoms with E-state index < -0.39 is 0 Å². The molecule has 190 valence electrons. The Morgan fingerprint density at radius 3 is 2.35 bits per heavy atom. The van der Waals surface area contributed by atoms with Crippen molar-refractivity contribution < 1.29 is 4.79 Å². The lowest BCUT2D eigenvalue weighted by Crippen LogP contribution is -2.15. The molecule has 0 aliphatic carbocycles. The van der Waals surface area contributed by atoms with Gasteiger partial charge in [-0.05, 0) is 42.0 Å². The zero-order chi connectivity index (χ0) is 25.5. The van der Waals surface area contributed by atoms with Crippen LogP contribution < -0.4 is 15.0 Å². The first kappa shape index (κ1) is 27.9. The van der Waals surface area contributed by atoms with Crippen LogP contribution in [0.3, 0.4) is 0 Å². The summed E-state index contributed by atoms with van der Waals surface area (Å²) in [5.41, 5.74) is 4.36. The Kier molecular flexibility index (Phi) is 9.85. The molecule has 0 aliphatic heterocycles. The summed E-state index contributed by atoms with van der Waals surface area (Å²) in [6, 6.07) is 24.7. The molecule has 0 spiro atoms. The number of carbonyl (C=O) groups excluding carboxylic acids is 1. The highest BCUT2D eigenvalue weighted by Gasteiger charge is 2.18. The van der Waals surface area contributed by atoms with Crippen molar-refractivity contribution in [3.05, 3.63) is 112 Å². The molecule has 0 unspecified atom stereocenters. The van der Waals surface area contributed by atoms with Gasteiger partial charge in [-0.25, -0.2) is 0 Å². The van der Waals surface area contributed by atoms with Gasteiger partial charge in [0, 0.05) is 42.5 Å². The van der Waals surface area contributed by atoms with E-state index in [0.29, 0.717) is 26.9 Å². The summed E-state index contributed by atoms with van der Waals surface area (Å²) in [4.78, 5) is 15.7. The second-order valence-corrected chi connectivity index (χ2v) is 9.53. The fraction of sp³-hybridized carbons (Fsp3) is 0.107. The van der Waals surface area contributed by atoms with Gasteiger partial charge in [-0.1, -0.05) is 71.5 Å². The first-order chi connectivity index (χ1) is 17.5. The van der Waals surface area contributed by atoms with E-state index in [1.54, 1.807) is 36.6 Å². The summed E-state index contributed by atoms with van der Waals surface area (Å²) < 4.78 is 2.00. The molecule has 1 N–H and O–H groups in total. The lowest BCUT2D eigenvalue weighted by atomic mass is 10.1. The van der Waals surface area contributed by atoms with Crippen LogP contribution in [0.4, 0.5) is 10.7 Å². The third kappa shape index (κ3) is 6.98. The molecule has 0 bridgehead atoms. The number of amides is 1.